The van der Waals surface area contributed by atoms with Crippen LogP contribution < -0.4 is 14.7 Å². The molecule has 0 radical (unpaired) electrons. The van der Waals surface area contributed by atoms with Crippen LogP contribution in [0, 0.1) is 0 Å². The highest BCUT2D eigenvalue weighted by Crippen LogP contribution is 2.31. The van der Waals surface area contributed by atoms with E-state index in [0.717, 1.165) is 11.8 Å². The van der Waals surface area contributed by atoms with Gasteiger partial charge in [-0.1, -0.05) is 17.7 Å². The fraction of sp³-hybridized carbons (Fsp3) is 0.412. The SMILES string of the molecule is CN(C)c1cc(C(F)(F)F)nc(N2CCN(c3cccc(Cl)c3)CC2)n1. The Kier molecular flexibility index (Phi) is 5.13. The van der Waals surface area contributed by atoms with Gasteiger partial charge in [-0.15, -0.1) is 0 Å². The Morgan fingerprint density at radius 1 is 1.00 bits per heavy atom. The first-order valence-corrected chi connectivity index (χ1v) is 8.51. The van der Waals surface area contributed by atoms with Gasteiger partial charge in [-0.25, -0.2) is 4.98 Å². The van der Waals surface area contributed by atoms with Crippen LogP contribution >= 0.6 is 11.6 Å². The molecule has 1 aromatic heterocycles. The van der Waals surface area contributed by atoms with Crippen molar-refractivity contribution >= 4 is 29.1 Å². The lowest BCUT2D eigenvalue weighted by atomic mass is 10.2. The molecule has 1 aromatic carbocycles. The molecule has 1 saturated heterocycles. The summed E-state index contributed by atoms with van der Waals surface area (Å²) in [6.45, 7) is 2.36. The van der Waals surface area contributed by atoms with Gasteiger partial charge in [0.15, 0.2) is 5.69 Å². The number of piperazine rings is 1. The highest BCUT2D eigenvalue weighted by molar-refractivity contribution is 6.30. The van der Waals surface area contributed by atoms with E-state index in [1.54, 1.807) is 30.0 Å². The van der Waals surface area contributed by atoms with Gasteiger partial charge in [0.25, 0.3) is 0 Å². The van der Waals surface area contributed by atoms with Crippen LogP contribution in [0.1, 0.15) is 5.69 Å². The molecule has 2 aromatic rings. The van der Waals surface area contributed by atoms with Gasteiger partial charge in [0.1, 0.15) is 5.82 Å². The minimum atomic E-state index is -4.51. The standard InChI is InChI=1S/C17H19ClF3N5/c1-24(2)15-11-14(17(19,20)21)22-16(23-15)26-8-6-25(7-9-26)13-5-3-4-12(18)10-13/h3-5,10-11H,6-9H2,1-2H3. The second-order valence-corrected chi connectivity index (χ2v) is 6.69. The smallest absolute Gasteiger partial charge is 0.368 e. The summed E-state index contributed by atoms with van der Waals surface area (Å²) >= 11 is 6.03. The average Bonchev–Trinajstić information content (AvgIpc) is 2.61. The number of aromatic nitrogens is 2. The van der Waals surface area contributed by atoms with Crippen LogP contribution in [0.25, 0.3) is 0 Å². The summed E-state index contributed by atoms with van der Waals surface area (Å²) in [6.07, 6.45) is -4.51. The topological polar surface area (TPSA) is 35.5 Å². The molecule has 1 fully saturated rings. The molecule has 5 nitrogen and oxygen atoms in total. The molecule has 9 heteroatoms. The van der Waals surface area contributed by atoms with Gasteiger partial charge in [0, 0.05) is 57.1 Å². The van der Waals surface area contributed by atoms with E-state index in [1.165, 1.54) is 0 Å². The maximum Gasteiger partial charge on any atom is 0.433 e. The first-order valence-electron chi connectivity index (χ1n) is 8.13. The summed E-state index contributed by atoms with van der Waals surface area (Å²) < 4.78 is 39.5. The van der Waals surface area contributed by atoms with Crippen LogP contribution in [0.15, 0.2) is 30.3 Å². The number of anilines is 3. The van der Waals surface area contributed by atoms with E-state index in [1.807, 2.05) is 18.2 Å². The van der Waals surface area contributed by atoms with Gasteiger partial charge in [0.2, 0.25) is 5.95 Å². The Labute approximate surface area is 155 Å². The molecular weight excluding hydrogens is 367 g/mol. The third kappa shape index (κ3) is 4.12. The zero-order valence-electron chi connectivity index (χ0n) is 14.5. The molecule has 1 aliphatic heterocycles. The predicted molar refractivity (Wildman–Crippen MR) is 97.2 cm³/mol. The summed E-state index contributed by atoms with van der Waals surface area (Å²) in [5.74, 6) is 0.342. The van der Waals surface area contributed by atoms with E-state index in [-0.39, 0.29) is 11.8 Å². The molecule has 0 amide bonds. The highest BCUT2D eigenvalue weighted by Gasteiger charge is 2.34. The molecule has 0 bridgehead atoms. The summed E-state index contributed by atoms with van der Waals surface area (Å²) in [6, 6.07) is 8.49. The molecule has 0 N–H and O–H groups in total. The third-order valence-corrected chi connectivity index (χ3v) is 4.42. The van der Waals surface area contributed by atoms with Crippen LogP contribution in [0.5, 0.6) is 0 Å². The number of hydrogen-bond donors (Lipinski definition) is 0. The summed E-state index contributed by atoms with van der Waals surface area (Å²) in [5, 5.41) is 0.654. The summed E-state index contributed by atoms with van der Waals surface area (Å²) in [7, 11) is 3.31. The van der Waals surface area contributed by atoms with Gasteiger partial charge in [-0.2, -0.15) is 18.2 Å². The molecule has 2 heterocycles. The van der Waals surface area contributed by atoms with Crippen molar-refractivity contribution in [3.05, 3.63) is 41.0 Å². The predicted octanol–water partition coefficient (Wildman–Crippen LogP) is 3.54. The van der Waals surface area contributed by atoms with Gasteiger partial charge < -0.3 is 14.7 Å². The first-order chi connectivity index (χ1) is 12.2. The van der Waals surface area contributed by atoms with E-state index < -0.39 is 11.9 Å². The third-order valence-electron chi connectivity index (χ3n) is 4.19. The maximum atomic E-state index is 13.2. The Bertz CT molecular complexity index is 773. The fourth-order valence-electron chi connectivity index (χ4n) is 2.78. The van der Waals surface area contributed by atoms with E-state index in [9.17, 15) is 13.2 Å². The average molecular weight is 386 g/mol. The molecule has 3 rings (SSSR count). The minimum absolute atomic E-state index is 0.106. The van der Waals surface area contributed by atoms with E-state index in [2.05, 4.69) is 14.9 Å². The van der Waals surface area contributed by atoms with Crippen molar-refractivity contribution < 1.29 is 13.2 Å². The molecule has 0 unspecified atom stereocenters. The minimum Gasteiger partial charge on any atom is -0.368 e. The lowest BCUT2D eigenvalue weighted by Gasteiger charge is -2.36. The molecule has 140 valence electrons. The molecule has 0 atom stereocenters. The maximum absolute atomic E-state index is 13.2. The molecule has 0 aliphatic carbocycles. The molecular formula is C17H19ClF3N5. The normalized spacial score (nSPS) is 15.3. The van der Waals surface area contributed by atoms with Gasteiger partial charge in [0.05, 0.1) is 0 Å². The van der Waals surface area contributed by atoms with Crippen LogP contribution in [0.3, 0.4) is 0 Å². The van der Waals surface area contributed by atoms with Crippen LogP contribution in [0.4, 0.5) is 30.6 Å². The lowest BCUT2D eigenvalue weighted by molar-refractivity contribution is -0.141. The molecule has 26 heavy (non-hydrogen) atoms. The molecule has 0 spiro atoms. The van der Waals surface area contributed by atoms with Crippen molar-refractivity contribution in [2.45, 2.75) is 6.18 Å². The zero-order chi connectivity index (χ0) is 18.9. The van der Waals surface area contributed by atoms with E-state index >= 15 is 0 Å². The molecule has 1 aliphatic rings. The van der Waals surface area contributed by atoms with Crippen LogP contribution in [0.2, 0.25) is 5.02 Å². The zero-order valence-corrected chi connectivity index (χ0v) is 15.2. The fourth-order valence-corrected chi connectivity index (χ4v) is 2.96. The van der Waals surface area contributed by atoms with Crippen molar-refractivity contribution in [2.75, 3.05) is 55.0 Å². The van der Waals surface area contributed by atoms with Crippen molar-refractivity contribution in [3.63, 3.8) is 0 Å². The number of halogens is 4. The summed E-state index contributed by atoms with van der Waals surface area (Å²) in [5.41, 5.74) is 0.0690. The Morgan fingerprint density at radius 2 is 1.65 bits per heavy atom. The second kappa shape index (κ2) is 7.19. The monoisotopic (exact) mass is 385 g/mol. The highest BCUT2D eigenvalue weighted by atomic mass is 35.5. The van der Waals surface area contributed by atoms with E-state index in [4.69, 9.17) is 11.6 Å². The van der Waals surface area contributed by atoms with Crippen LogP contribution in [-0.2, 0) is 6.18 Å². The van der Waals surface area contributed by atoms with Crippen LogP contribution in [-0.4, -0.2) is 50.2 Å². The number of alkyl halides is 3. The van der Waals surface area contributed by atoms with Gasteiger partial charge >= 0.3 is 6.18 Å². The Balaban J connectivity index is 1.79. The van der Waals surface area contributed by atoms with Crippen molar-refractivity contribution in [1.82, 2.24) is 9.97 Å². The van der Waals surface area contributed by atoms with Gasteiger partial charge in [-0.3, -0.25) is 0 Å². The van der Waals surface area contributed by atoms with Crippen molar-refractivity contribution in [3.8, 4) is 0 Å². The summed E-state index contributed by atoms with van der Waals surface area (Å²) in [4.78, 5) is 13.5. The van der Waals surface area contributed by atoms with Gasteiger partial charge in [-0.05, 0) is 18.2 Å². The molecule has 0 saturated carbocycles. The number of benzene rings is 1. The lowest BCUT2D eigenvalue weighted by Crippen LogP contribution is -2.47. The first kappa shape index (κ1) is 18.6. The number of rotatable bonds is 3. The van der Waals surface area contributed by atoms with E-state index in [0.29, 0.717) is 31.2 Å². The second-order valence-electron chi connectivity index (χ2n) is 6.26. The Morgan fingerprint density at radius 3 is 2.23 bits per heavy atom. The largest absolute Gasteiger partial charge is 0.433 e. The Hall–Kier alpha value is -2.22. The number of nitrogens with zero attached hydrogens (tertiary/aromatic N) is 5. The quantitative estimate of drug-likeness (QED) is 0.807. The number of hydrogen-bond acceptors (Lipinski definition) is 5. The van der Waals surface area contributed by atoms with Crippen molar-refractivity contribution in [2.24, 2.45) is 0 Å². The van der Waals surface area contributed by atoms with Crippen molar-refractivity contribution in [1.29, 1.82) is 0 Å².